The van der Waals surface area contributed by atoms with E-state index < -0.39 is 10.9 Å². The lowest BCUT2D eigenvalue weighted by molar-refractivity contribution is -0.384. The predicted molar refractivity (Wildman–Crippen MR) is 68.1 cm³/mol. The summed E-state index contributed by atoms with van der Waals surface area (Å²) < 4.78 is 10.5. The van der Waals surface area contributed by atoms with Gasteiger partial charge < -0.3 is 14.3 Å². The van der Waals surface area contributed by atoms with Gasteiger partial charge in [0, 0.05) is 18.6 Å². The summed E-state index contributed by atoms with van der Waals surface area (Å²) >= 11 is 0. The van der Waals surface area contributed by atoms with Gasteiger partial charge in [-0.1, -0.05) is 6.92 Å². The molecule has 0 atom stereocenters. The van der Waals surface area contributed by atoms with E-state index >= 15 is 0 Å². The highest BCUT2D eigenvalue weighted by atomic mass is 16.6. The molecule has 21 heavy (non-hydrogen) atoms. The van der Waals surface area contributed by atoms with Gasteiger partial charge >= 0.3 is 5.97 Å². The maximum atomic E-state index is 11.1. The Morgan fingerprint density at radius 2 is 2.14 bits per heavy atom. The second-order valence-corrected chi connectivity index (χ2v) is 3.97. The lowest BCUT2D eigenvalue weighted by Crippen LogP contribution is -2.04. The molecule has 0 aliphatic heterocycles. The summed E-state index contributed by atoms with van der Waals surface area (Å²) in [5.74, 6) is -0.699. The van der Waals surface area contributed by atoms with Crippen molar-refractivity contribution in [3.63, 3.8) is 0 Å². The van der Waals surface area contributed by atoms with Gasteiger partial charge in [0.2, 0.25) is 5.89 Å². The van der Waals surface area contributed by atoms with E-state index in [1.807, 2.05) is 6.92 Å². The monoisotopic (exact) mass is 293 g/mol. The largest absolute Gasteiger partial charge is 0.483 e. The molecule has 9 heteroatoms. The highest BCUT2D eigenvalue weighted by Gasteiger charge is 2.17. The maximum absolute atomic E-state index is 11.1. The zero-order valence-corrected chi connectivity index (χ0v) is 11.0. The van der Waals surface area contributed by atoms with Crippen molar-refractivity contribution in [2.24, 2.45) is 0 Å². The molecular weight excluding hydrogens is 282 g/mol. The number of benzene rings is 1. The van der Waals surface area contributed by atoms with Crippen molar-refractivity contribution >= 4 is 11.7 Å². The molecule has 0 unspecified atom stereocenters. The van der Waals surface area contributed by atoms with E-state index in [0.717, 1.165) is 12.1 Å². The molecule has 1 aromatic carbocycles. The molecule has 2 rings (SSSR count). The van der Waals surface area contributed by atoms with Crippen LogP contribution in [-0.2, 0) is 13.0 Å². The van der Waals surface area contributed by atoms with E-state index in [1.54, 1.807) is 0 Å². The van der Waals surface area contributed by atoms with Crippen LogP contribution in [0.1, 0.15) is 29.1 Å². The van der Waals surface area contributed by atoms with Gasteiger partial charge in [-0.2, -0.15) is 0 Å². The summed E-state index contributed by atoms with van der Waals surface area (Å²) in [6, 6.07) is 3.31. The smallest absolute Gasteiger partial charge is 0.339 e. The van der Waals surface area contributed by atoms with E-state index in [-0.39, 0.29) is 29.5 Å². The number of carbonyl (C=O) groups is 1. The average Bonchev–Trinajstić information content (AvgIpc) is 2.92. The van der Waals surface area contributed by atoms with Crippen LogP contribution < -0.4 is 4.74 Å². The Bertz CT molecular complexity index is 681. The third-order valence-corrected chi connectivity index (χ3v) is 2.57. The van der Waals surface area contributed by atoms with Crippen LogP contribution in [0.15, 0.2) is 22.6 Å². The second-order valence-electron chi connectivity index (χ2n) is 3.97. The molecule has 110 valence electrons. The van der Waals surface area contributed by atoms with E-state index in [2.05, 4.69) is 10.2 Å². The summed E-state index contributed by atoms with van der Waals surface area (Å²) in [6.45, 7) is 1.72. The van der Waals surface area contributed by atoms with Crippen molar-refractivity contribution < 1.29 is 24.0 Å². The van der Waals surface area contributed by atoms with Crippen molar-refractivity contribution in [3.8, 4) is 5.75 Å². The van der Waals surface area contributed by atoms with Gasteiger partial charge in [-0.05, 0) is 6.07 Å². The summed E-state index contributed by atoms with van der Waals surface area (Å²) in [5, 5.41) is 27.2. The summed E-state index contributed by atoms with van der Waals surface area (Å²) in [5.41, 5.74) is -0.634. The SMILES string of the molecule is CCc1nnc(COc2ccc([N+](=O)[O-])cc2C(=O)O)o1. The molecule has 0 spiro atoms. The second kappa shape index (κ2) is 5.99. The number of carboxylic acids is 1. The number of nitro benzene ring substituents is 1. The molecular formula is C12H11N3O6. The van der Waals surface area contributed by atoms with Crippen LogP contribution in [0.4, 0.5) is 5.69 Å². The van der Waals surface area contributed by atoms with Crippen molar-refractivity contribution in [2.45, 2.75) is 20.0 Å². The van der Waals surface area contributed by atoms with E-state index in [0.29, 0.717) is 12.3 Å². The fourth-order valence-corrected chi connectivity index (χ4v) is 1.55. The Morgan fingerprint density at radius 1 is 1.43 bits per heavy atom. The standard InChI is InChI=1S/C12H11N3O6/c1-2-10-13-14-11(21-10)6-20-9-4-3-7(15(18)19)5-8(9)12(16)17/h3-5H,2,6H2,1H3,(H,16,17). The first-order valence-corrected chi connectivity index (χ1v) is 5.97. The Labute approximate surface area is 118 Å². The molecule has 0 bridgehead atoms. The zero-order valence-electron chi connectivity index (χ0n) is 11.0. The Kier molecular flexibility index (Phi) is 4.12. The number of aromatic carboxylic acids is 1. The van der Waals surface area contributed by atoms with Gasteiger partial charge in [0.1, 0.15) is 11.3 Å². The normalized spacial score (nSPS) is 10.3. The molecule has 2 aromatic rings. The molecule has 0 aliphatic rings. The Morgan fingerprint density at radius 3 is 2.71 bits per heavy atom. The maximum Gasteiger partial charge on any atom is 0.339 e. The first kappa shape index (κ1) is 14.4. The summed E-state index contributed by atoms with van der Waals surface area (Å²) in [6.07, 6.45) is 0.574. The van der Waals surface area contributed by atoms with Crippen LogP contribution >= 0.6 is 0 Å². The van der Waals surface area contributed by atoms with Gasteiger partial charge in [0.25, 0.3) is 11.6 Å². The molecule has 0 saturated heterocycles. The highest BCUT2D eigenvalue weighted by molar-refractivity contribution is 5.91. The van der Waals surface area contributed by atoms with E-state index in [9.17, 15) is 14.9 Å². The number of aromatic nitrogens is 2. The molecule has 1 aromatic heterocycles. The van der Waals surface area contributed by atoms with Crippen molar-refractivity contribution in [3.05, 3.63) is 45.7 Å². The number of non-ortho nitro benzene ring substituents is 1. The number of hydrogen-bond acceptors (Lipinski definition) is 7. The third kappa shape index (κ3) is 3.32. The molecule has 9 nitrogen and oxygen atoms in total. The minimum absolute atomic E-state index is 0.00986. The number of rotatable bonds is 6. The minimum atomic E-state index is -1.33. The summed E-state index contributed by atoms with van der Waals surface area (Å²) in [4.78, 5) is 21.1. The molecule has 0 radical (unpaired) electrons. The lowest BCUT2D eigenvalue weighted by Gasteiger charge is -2.06. The van der Waals surface area contributed by atoms with Gasteiger partial charge in [-0.3, -0.25) is 10.1 Å². The Balaban J connectivity index is 2.19. The molecule has 1 N–H and O–H groups in total. The summed E-state index contributed by atoms with van der Waals surface area (Å²) in [7, 11) is 0. The van der Waals surface area contributed by atoms with Crippen LogP contribution in [0, 0.1) is 10.1 Å². The number of nitrogens with zero attached hydrogens (tertiary/aromatic N) is 3. The first-order valence-electron chi connectivity index (χ1n) is 5.97. The molecule has 0 amide bonds. The number of ether oxygens (including phenoxy) is 1. The first-order chi connectivity index (χ1) is 10.0. The van der Waals surface area contributed by atoms with Crippen LogP contribution in [0.5, 0.6) is 5.75 Å². The zero-order chi connectivity index (χ0) is 15.4. The number of aryl methyl sites for hydroxylation is 1. The molecule has 1 heterocycles. The van der Waals surface area contributed by atoms with Crippen LogP contribution in [0.2, 0.25) is 0 Å². The number of carboxylic acid groups (broad SMARTS) is 1. The molecule has 0 saturated carbocycles. The van der Waals surface area contributed by atoms with Crippen molar-refractivity contribution in [1.29, 1.82) is 0 Å². The van der Waals surface area contributed by atoms with E-state index in [4.69, 9.17) is 14.3 Å². The molecule has 0 fully saturated rings. The minimum Gasteiger partial charge on any atom is -0.483 e. The predicted octanol–water partition coefficient (Wildman–Crippen LogP) is 1.82. The molecule has 0 aliphatic carbocycles. The lowest BCUT2D eigenvalue weighted by atomic mass is 10.2. The Hall–Kier alpha value is -2.97. The van der Waals surface area contributed by atoms with Gasteiger partial charge in [0.15, 0.2) is 6.61 Å². The van der Waals surface area contributed by atoms with Gasteiger partial charge in [-0.25, -0.2) is 4.79 Å². The third-order valence-electron chi connectivity index (χ3n) is 2.57. The highest BCUT2D eigenvalue weighted by Crippen LogP contribution is 2.25. The fourth-order valence-electron chi connectivity index (χ4n) is 1.55. The van der Waals surface area contributed by atoms with E-state index in [1.165, 1.54) is 6.07 Å². The van der Waals surface area contributed by atoms with Crippen LogP contribution in [0.3, 0.4) is 0 Å². The fraction of sp³-hybridized carbons (Fsp3) is 0.250. The quantitative estimate of drug-likeness (QED) is 0.630. The van der Waals surface area contributed by atoms with Gasteiger partial charge in [0.05, 0.1) is 4.92 Å². The van der Waals surface area contributed by atoms with Crippen LogP contribution in [-0.4, -0.2) is 26.2 Å². The number of nitro groups is 1. The number of hydrogen-bond donors (Lipinski definition) is 1. The van der Waals surface area contributed by atoms with Crippen LogP contribution in [0.25, 0.3) is 0 Å². The van der Waals surface area contributed by atoms with Gasteiger partial charge in [-0.15, -0.1) is 10.2 Å². The van der Waals surface area contributed by atoms with Crippen molar-refractivity contribution in [2.75, 3.05) is 0 Å². The van der Waals surface area contributed by atoms with Crippen molar-refractivity contribution in [1.82, 2.24) is 10.2 Å². The average molecular weight is 293 g/mol. The topological polar surface area (TPSA) is 129 Å².